The Morgan fingerprint density at radius 2 is 1.82 bits per heavy atom. The summed E-state index contributed by atoms with van der Waals surface area (Å²) in [5.41, 5.74) is 1.25. The van der Waals surface area contributed by atoms with Crippen molar-refractivity contribution in [1.29, 1.82) is 0 Å². The molecule has 2 aromatic rings. The lowest BCUT2D eigenvalue weighted by Gasteiger charge is -2.06. The highest BCUT2D eigenvalue weighted by Crippen LogP contribution is 2.29. The fourth-order valence-electron chi connectivity index (χ4n) is 1.91. The van der Waals surface area contributed by atoms with Crippen molar-refractivity contribution in [2.45, 2.75) is 19.6 Å². The van der Waals surface area contributed by atoms with E-state index in [2.05, 4.69) is 20.9 Å². The fourth-order valence-corrected chi connectivity index (χ4v) is 2.50. The highest BCUT2D eigenvalue weighted by molar-refractivity contribution is 9.10. The average Bonchev–Trinajstić information content (AvgIpc) is 2.43. The molecular weight excluding hydrogens is 359 g/mol. The Morgan fingerprint density at radius 3 is 2.41 bits per heavy atom. The Kier molecular flexibility index (Phi) is 4.90. The van der Waals surface area contributed by atoms with Crippen molar-refractivity contribution in [3.63, 3.8) is 0 Å². The molecule has 0 saturated carbocycles. The third-order valence-electron chi connectivity index (χ3n) is 3.08. The van der Waals surface area contributed by atoms with Gasteiger partial charge in [0.05, 0.1) is 12.1 Å². The standard InChI is InChI=1S/C16H13BrF3NO/c1-10-6-14(17)7-12(15(10)22)9-21-8-11-2-4-13(5-3-11)16(18,19)20/h2-7,9,22H,8H2,1H3. The summed E-state index contributed by atoms with van der Waals surface area (Å²) in [6.07, 6.45) is -2.83. The summed E-state index contributed by atoms with van der Waals surface area (Å²) in [6.45, 7) is 2.01. The zero-order valence-corrected chi connectivity index (χ0v) is 13.2. The lowest BCUT2D eigenvalue weighted by Crippen LogP contribution is -2.04. The molecule has 0 radical (unpaired) electrons. The van der Waals surface area contributed by atoms with Gasteiger partial charge in [0.15, 0.2) is 0 Å². The normalized spacial score (nSPS) is 12.0. The number of rotatable bonds is 3. The van der Waals surface area contributed by atoms with Gasteiger partial charge in [0.1, 0.15) is 5.75 Å². The summed E-state index contributed by atoms with van der Waals surface area (Å²) in [4.78, 5) is 4.16. The van der Waals surface area contributed by atoms with Gasteiger partial charge < -0.3 is 5.11 Å². The zero-order chi connectivity index (χ0) is 16.3. The van der Waals surface area contributed by atoms with Gasteiger partial charge in [0.25, 0.3) is 0 Å². The summed E-state index contributed by atoms with van der Waals surface area (Å²) in [7, 11) is 0. The van der Waals surface area contributed by atoms with Crippen molar-refractivity contribution in [3.8, 4) is 5.75 Å². The molecule has 2 rings (SSSR count). The molecule has 0 amide bonds. The first-order valence-corrected chi connectivity index (χ1v) is 7.22. The molecule has 0 saturated heterocycles. The lowest BCUT2D eigenvalue weighted by molar-refractivity contribution is -0.137. The van der Waals surface area contributed by atoms with Crippen LogP contribution in [0.25, 0.3) is 0 Å². The zero-order valence-electron chi connectivity index (χ0n) is 11.7. The quantitative estimate of drug-likeness (QED) is 0.747. The highest BCUT2D eigenvalue weighted by Gasteiger charge is 2.29. The number of aromatic hydroxyl groups is 1. The minimum absolute atomic E-state index is 0.138. The predicted molar refractivity (Wildman–Crippen MR) is 83.3 cm³/mol. The van der Waals surface area contributed by atoms with Gasteiger partial charge in [-0.05, 0) is 42.3 Å². The highest BCUT2D eigenvalue weighted by atomic mass is 79.9. The number of benzene rings is 2. The summed E-state index contributed by atoms with van der Waals surface area (Å²) < 4.78 is 38.2. The summed E-state index contributed by atoms with van der Waals surface area (Å²) >= 11 is 3.33. The van der Waals surface area contributed by atoms with Crippen LogP contribution in [0.4, 0.5) is 13.2 Å². The van der Waals surface area contributed by atoms with E-state index in [1.165, 1.54) is 18.3 Å². The molecule has 1 N–H and O–H groups in total. The number of hydrogen-bond acceptors (Lipinski definition) is 2. The summed E-state index contributed by atoms with van der Waals surface area (Å²) in [5, 5.41) is 9.91. The number of alkyl halides is 3. The molecule has 0 bridgehead atoms. The van der Waals surface area contributed by atoms with Crippen LogP contribution in [0.2, 0.25) is 0 Å². The third-order valence-corrected chi connectivity index (χ3v) is 3.54. The van der Waals surface area contributed by atoms with Gasteiger partial charge in [0.2, 0.25) is 0 Å². The van der Waals surface area contributed by atoms with E-state index in [1.54, 1.807) is 19.1 Å². The van der Waals surface area contributed by atoms with Gasteiger partial charge in [0, 0.05) is 16.3 Å². The largest absolute Gasteiger partial charge is 0.507 e. The van der Waals surface area contributed by atoms with E-state index in [0.29, 0.717) is 16.7 Å². The van der Waals surface area contributed by atoms with Crippen LogP contribution in [0.5, 0.6) is 5.75 Å². The van der Waals surface area contributed by atoms with Crippen molar-refractivity contribution < 1.29 is 18.3 Å². The fraction of sp³-hybridized carbons (Fsp3) is 0.188. The maximum Gasteiger partial charge on any atom is 0.416 e. The Labute approximate surface area is 134 Å². The number of phenols is 1. The van der Waals surface area contributed by atoms with Gasteiger partial charge in [-0.1, -0.05) is 28.1 Å². The maximum atomic E-state index is 12.5. The minimum atomic E-state index is -4.33. The van der Waals surface area contributed by atoms with Crippen LogP contribution < -0.4 is 0 Å². The molecule has 0 atom stereocenters. The van der Waals surface area contributed by atoms with Gasteiger partial charge in [-0.15, -0.1) is 0 Å². The van der Waals surface area contributed by atoms with E-state index in [0.717, 1.165) is 16.6 Å². The van der Waals surface area contributed by atoms with Gasteiger partial charge in [-0.25, -0.2) is 0 Å². The SMILES string of the molecule is Cc1cc(Br)cc(C=NCc2ccc(C(F)(F)F)cc2)c1O. The second-order valence-electron chi connectivity index (χ2n) is 4.82. The molecule has 0 heterocycles. The Balaban J connectivity index is 2.10. The molecule has 116 valence electrons. The first kappa shape index (κ1) is 16.5. The Hall–Kier alpha value is -1.82. The van der Waals surface area contributed by atoms with E-state index in [9.17, 15) is 18.3 Å². The number of nitrogens with zero attached hydrogens (tertiary/aromatic N) is 1. The van der Waals surface area contributed by atoms with Crippen LogP contribution in [-0.2, 0) is 12.7 Å². The molecular formula is C16H13BrF3NO. The van der Waals surface area contributed by atoms with E-state index < -0.39 is 11.7 Å². The smallest absolute Gasteiger partial charge is 0.416 e. The molecule has 6 heteroatoms. The number of hydrogen-bond donors (Lipinski definition) is 1. The molecule has 0 fully saturated rings. The Morgan fingerprint density at radius 1 is 1.18 bits per heavy atom. The number of aliphatic imine (C=N–C) groups is 1. The van der Waals surface area contributed by atoms with Crippen LogP contribution >= 0.6 is 15.9 Å². The van der Waals surface area contributed by atoms with Crippen LogP contribution in [0, 0.1) is 6.92 Å². The number of halogens is 4. The number of phenolic OH excluding ortho intramolecular Hbond substituents is 1. The second kappa shape index (κ2) is 6.52. The van der Waals surface area contributed by atoms with Crippen molar-refractivity contribution >= 4 is 22.1 Å². The predicted octanol–water partition coefficient (Wildman–Crippen LogP) is 5.10. The Bertz CT molecular complexity index is 694. The molecule has 0 aromatic heterocycles. The molecule has 0 aliphatic heterocycles. The van der Waals surface area contributed by atoms with E-state index in [1.807, 2.05) is 0 Å². The molecule has 2 nitrogen and oxygen atoms in total. The van der Waals surface area contributed by atoms with E-state index >= 15 is 0 Å². The molecule has 2 aromatic carbocycles. The lowest BCUT2D eigenvalue weighted by atomic mass is 10.1. The van der Waals surface area contributed by atoms with Gasteiger partial charge >= 0.3 is 6.18 Å². The molecule has 0 aliphatic carbocycles. The number of aryl methyl sites for hydroxylation is 1. The topological polar surface area (TPSA) is 32.6 Å². The van der Waals surface area contributed by atoms with Crippen LogP contribution in [0.3, 0.4) is 0 Å². The molecule has 0 unspecified atom stereocenters. The van der Waals surface area contributed by atoms with Crippen LogP contribution in [0.15, 0.2) is 45.9 Å². The van der Waals surface area contributed by atoms with Gasteiger partial charge in [-0.2, -0.15) is 13.2 Å². The molecule has 22 heavy (non-hydrogen) atoms. The minimum Gasteiger partial charge on any atom is -0.507 e. The monoisotopic (exact) mass is 371 g/mol. The van der Waals surface area contributed by atoms with Crippen molar-refractivity contribution in [3.05, 3.63) is 63.1 Å². The summed E-state index contributed by atoms with van der Waals surface area (Å²) in [6, 6.07) is 8.36. The van der Waals surface area contributed by atoms with Gasteiger partial charge in [-0.3, -0.25) is 4.99 Å². The van der Waals surface area contributed by atoms with E-state index in [-0.39, 0.29) is 12.3 Å². The maximum absolute atomic E-state index is 12.5. The summed E-state index contributed by atoms with van der Waals surface area (Å²) in [5.74, 6) is 0.138. The average molecular weight is 372 g/mol. The first-order chi connectivity index (χ1) is 10.3. The third kappa shape index (κ3) is 4.10. The second-order valence-corrected chi connectivity index (χ2v) is 5.74. The van der Waals surface area contributed by atoms with Crippen molar-refractivity contribution in [2.75, 3.05) is 0 Å². The van der Waals surface area contributed by atoms with Crippen LogP contribution in [0.1, 0.15) is 22.3 Å². The van der Waals surface area contributed by atoms with E-state index in [4.69, 9.17) is 0 Å². The van der Waals surface area contributed by atoms with Crippen molar-refractivity contribution in [1.82, 2.24) is 0 Å². The molecule has 0 aliphatic rings. The first-order valence-electron chi connectivity index (χ1n) is 6.42. The van der Waals surface area contributed by atoms with Crippen molar-refractivity contribution in [2.24, 2.45) is 4.99 Å². The van der Waals surface area contributed by atoms with Crippen LogP contribution in [-0.4, -0.2) is 11.3 Å². The molecule has 0 spiro atoms.